The summed E-state index contributed by atoms with van der Waals surface area (Å²) in [4.78, 5) is 10.4. The number of carbonyl (C=O) groups excluding carboxylic acids is 1. The van der Waals surface area contributed by atoms with Crippen LogP contribution in [-0.4, -0.2) is 13.0 Å². The molecule has 0 aliphatic heterocycles. The Labute approximate surface area is 88.2 Å². The van der Waals surface area contributed by atoms with Gasteiger partial charge >= 0.3 is 0 Å². The molecular formula is C11H12N2O2. The molecule has 0 aliphatic rings. The molecule has 0 spiro atoms. The zero-order valence-corrected chi connectivity index (χ0v) is 8.41. The molecule has 0 bridgehead atoms. The predicted octanol–water partition coefficient (Wildman–Crippen LogP) is 0.504. The van der Waals surface area contributed by atoms with Crippen molar-refractivity contribution in [3.63, 3.8) is 0 Å². The average Bonchev–Trinajstić information content (AvgIpc) is 2.16. The van der Waals surface area contributed by atoms with Crippen LogP contribution in [0.4, 0.5) is 5.69 Å². The van der Waals surface area contributed by atoms with Crippen molar-refractivity contribution >= 4 is 11.6 Å². The van der Waals surface area contributed by atoms with Crippen molar-refractivity contribution in [3.8, 4) is 17.6 Å². The molecule has 4 nitrogen and oxygen atoms in total. The highest BCUT2D eigenvalue weighted by Crippen LogP contribution is 2.17. The maximum Gasteiger partial charge on any atom is 0.229 e. The fourth-order valence-electron chi connectivity index (χ4n) is 1.05. The summed E-state index contributed by atoms with van der Waals surface area (Å²) in [5.74, 6) is 5.62. The summed E-state index contributed by atoms with van der Waals surface area (Å²) >= 11 is 0. The van der Waals surface area contributed by atoms with Crippen LogP contribution in [0, 0.1) is 11.8 Å². The third-order valence-electron chi connectivity index (χ3n) is 1.66. The largest absolute Gasteiger partial charge is 0.497 e. The maximum absolute atomic E-state index is 10.4. The van der Waals surface area contributed by atoms with Gasteiger partial charge in [0.1, 0.15) is 5.75 Å². The molecule has 0 saturated heterocycles. The van der Waals surface area contributed by atoms with E-state index < -0.39 is 5.91 Å². The van der Waals surface area contributed by atoms with Gasteiger partial charge in [0.2, 0.25) is 5.91 Å². The van der Waals surface area contributed by atoms with Crippen LogP contribution in [0.15, 0.2) is 18.2 Å². The number of primary amides is 1. The Bertz CT molecular complexity index is 430. The zero-order chi connectivity index (χ0) is 11.3. The number of nitrogens with two attached hydrogens (primary N) is 2. The highest BCUT2D eigenvalue weighted by molar-refractivity contribution is 5.76. The van der Waals surface area contributed by atoms with E-state index in [1.54, 1.807) is 25.3 Å². The Balaban J connectivity index is 2.88. The van der Waals surface area contributed by atoms with E-state index in [9.17, 15) is 4.79 Å². The van der Waals surface area contributed by atoms with Gasteiger partial charge in [-0.25, -0.2) is 0 Å². The number of hydrogen-bond donors (Lipinski definition) is 2. The second kappa shape index (κ2) is 4.91. The number of anilines is 1. The van der Waals surface area contributed by atoms with E-state index in [1.807, 2.05) is 0 Å². The molecule has 1 rings (SSSR count). The summed E-state index contributed by atoms with van der Waals surface area (Å²) in [6.07, 6.45) is 0.0388. The smallest absolute Gasteiger partial charge is 0.229 e. The number of ether oxygens (including phenoxy) is 1. The lowest BCUT2D eigenvalue weighted by Crippen LogP contribution is -2.08. The number of amides is 1. The summed E-state index contributed by atoms with van der Waals surface area (Å²) < 4.78 is 5.02. The molecule has 0 atom stereocenters. The van der Waals surface area contributed by atoms with Crippen molar-refractivity contribution in [3.05, 3.63) is 23.8 Å². The van der Waals surface area contributed by atoms with Crippen molar-refractivity contribution < 1.29 is 9.53 Å². The van der Waals surface area contributed by atoms with Crippen LogP contribution in [0.1, 0.15) is 12.0 Å². The van der Waals surface area contributed by atoms with Gasteiger partial charge in [-0.15, -0.1) is 0 Å². The quantitative estimate of drug-likeness (QED) is 0.544. The standard InChI is InChI=1S/C11H12N2O2/c1-15-10-6-8(5-9(12)7-10)3-2-4-11(13)14/h5-7H,4,12H2,1H3,(H2,13,14). The maximum atomic E-state index is 10.4. The average molecular weight is 204 g/mol. The van der Waals surface area contributed by atoms with E-state index in [2.05, 4.69) is 11.8 Å². The molecule has 4 N–H and O–H groups in total. The first-order valence-electron chi connectivity index (χ1n) is 4.33. The van der Waals surface area contributed by atoms with Gasteiger partial charge in [-0.05, 0) is 12.1 Å². The lowest BCUT2D eigenvalue weighted by molar-refractivity contribution is -0.117. The summed E-state index contributed by atoms with van der Waals surface area (Å²) in [6.45, 7) is 0. The van der Waals surface area contributed by atoms with Gasteiger partial charge in [0.05, 0.1) is 13.5 Å². The van der Waals surface area contributed by atoms with Gasteiger partial charge in [-0.1, -0.05) is 11.8 Å². The molecule has 0 radical (unpaired) electrons. The molecule has 1 aromatic carbocycles. The van der Waals surface area contributed by atoms with E-state index >= 15 is 0 Å². The summed E-state index contributed by atoms with van der Waals surface area (Å²) in [7, 11) is 1.55. The molecule has 0 aromatic heterocycles. The summed E-state index contributed by atoms with van der Waals surface area (Å²) in [5, 5.41) is 0. The number of hydrogen-bond acceptors (Lipinski definition) is 3. The highest BCUT2D eigenvalue weighted by atomic mass is 16.5. The Hall–Kier alpha value is -2.15. The van der Waals surface area contributed by atoms with Crippen LogP contribution < -0.4 is 16.2 Å². The van der Waals surface area contributed by atoms with Crippen LogP contribution >= 0.6 is 0 Å². The molecule has 15 heavy (non-hydrogen) atoms. The van der Waals surface area contributed by atoms with Gasteiger partial charge in [-0.3, -0.25) is 4.79 Å². The van der Waals surface area contributed by atoms with Gasteiger partial charge in [0, 0.05) is 17.3 Å². The fraction of sp³-hybridized carbons (Fsp3) is 0.182. The van der Waals surface area contributed by atoms with Crippen LogP contribution in [0.2, 0.25) is 0 Å². The normalized spacial score (nSPS) is 8.87. The number of nitrogen functional groups attached to an aromatic ring is 1. The zero-order valence-electron chi connectivity index (χ0n) is 8.41. The first-order chi connectivity index (χ1) is 7.11. The molecule has 0 aliphatic carbocycles. The Kier molecular flexibility index (Phi) is 3.58. The Morgan fingerprint density at radius 3 is 2.80 bits per heavy atom. The third-order valence-corrected chi connectivity index (χ3v) is 1.66. The highest BCUT2D eigenvalue weighted by Gasteiger charge is 1.96. The topological polar surface area (TPSA) is 78.3 Å². The van der Waals surface area contributed by atoms with Gasteiger partial charge in [0.25, 0.3) is 0 Å². The second-order valence-corrected chi connectivity index (χ2v) is 2.94. The molecule has 0 fully saturated rings. The molecule has 0 unspecified atom stereocenters. The Morgan fingerprint density at radius 2 is 2.20 bits per heavy atom. The minimum absolute atomic E-state index is 0.0388. The predicted molar refractivity (Wildman–Crippen MR) is 58.1 cm³/mol. The molecule has 1 amide bonds. The van der Waals surface area contributed by atoms with Crippen LogP contribution in [0.3, 0.4) is 0 Å². The van der Waals surface area contributed by atoms with Crippen LogP contribution in [-0.2, 0) is 4.79 Å². The SMILES string of the molecule is COc1cc(N)cc(C#CCC(N)=O)c1. The van der Waals surface area contributed by atoms with E-state index in [0.717, 1.165) is 0 Å². The van der Waals surface area contributed by atoms with Crippen molar-refractivity contribution in [2.75, 3.05) is 12.8 Å². The monoisotopic (exact) mass is 204 g/mol. The van der Waals surface area contributed by atoms with Crippen molar-refractivity contribution in [1.82, 2.24) is 0 Å². The van der Waals surface area contributed by atoms with E-state index in [0.29, 0.717) is 17.0 Å². The lowest BCUT2D eigenvalue weighted by Gasteiger charge is -2.01. The number of rotatable bonds is 2. The minimum atomic E-state index is -0.446. The lowest BCUT2D eigenvalue weighted by atomic mass is 10.2. The van der Waals surface area contributed by atoms with E-state index in [-0.39, 0.29) is 6.42 Å². The fourth-order valence-corrected chi connectivity index (χ4v) is 1.05. The minimum Gasteiger partial charge on any atom is -0.497 e. The molecular weight excluding hydrogens is 192 g/mol. The van der Waals surface area contributed by atoms with Gasteiger partial charge in [0.15, 0.2) is 0 Å². The van der Waals surface area contributed by atoms with Crippen LogP contribution in [0.5, 0.6) is 5.75 Å². The molecule has 4 heteroatoms. The second-order valence-electron chi connectivity index (χ2n) is 2.94. The number of methoxy groups -OCH3 is 1. The molecule has 0 heterocycles. The molecule has 1 aromatic rings. The van der Waals surface area contributed by atoms with Crippen molar-refractivity contribution in [2.45, 2.75) is 6.42 Å². The van der Waals surface area contributed by atoms with E-state index in [4.69, 9.17) is 16.2 Å². The third kappa shape index (κ3) is 3.61. The van der Waals surface area contributed by atoms with E-state index in [1.165, 1.54) is 0 Å². The summed E-state index contributed by atoms with van der Waals surface area (Å²) in [6, 6.07) is 5.14. The van der Waals surface area contributed by atoms with Crippen LogP contribution in [0.25, 0.3) is 0 Å². The number of carbonyl (C=O) groups is 1. The molecule has 78 valence electrons. The van der Waals surface area contributed by atoms with Gasteiger partial charge < -0.3 is 16.2 Å². The van der Waals surface area contributed by atoms with Crippen molar-refractivity contribution in [1.29, 1.82) is 0 Å². The first-order valence-corrected chi connectivity index (χ1v) is 4.33. The van der Waals surface area contributed by atoms with Gasteiger partial charge in [-0.2, -0.15) is 0 Å². The Morgan fingerprint density at radius 1 is 1.47 bits per heavy atom. The summed E-state index contributed by atoms with van der Waals surface area (Å²) in [5.41, 5.74) is 11.8. The number of benzene rings is 1. The molecule has 0 saturated carbocycles. The van der Waals surface area contributed by atoms with Crippen molar-refractivity contribution in [2.24, 2.45) is 5.73 Å². The first kappa shape index (κ1) is 10.9.